The van der Waals surface area contributed by atoms with Crippen molar-refractivity contribution in [2.75, 3.05) is 7.05 Å². The number of allylic oxidation sites excluding steroid dienone is 1. The average molecular weight is 359 g/mol. The molecular formula is C17H21N5O2S. The molecule has 0 bridgehead atoms. The summed E-state index contributed by atoms with van der Waals surface area (Å²) in [7, 11) is 1.45. The Kier molecular flexibility index (Phi) is 6.35. The maximum atomic E-state index is 12.0. The minimum atomic E-state index is -0.537. The summed E-state index contributed by atoms with van der Waals surface area (Å²) in [5.41, 5.74) is 2.07. The van der Waals surface area contributed by atoms with Crippen molar-refractivity contribution in [3.05, 3.63) is 42.5 Å². The fourth-order valence-corrected chi connectivity index (χ4v) is 3.01. The molecule has 132 valence electrons. The van der Waals surface area contributed by atoms with Crippen LogP contribution in [0.1, 0.15) is 12.5 Å². The van der Waals surface area contributed by atoms with E-state index in [0.29, 0.717) is 17.5 Å². The molecule has 0 fully saturated rings. The summed E-state index contributed by atoms with van der Waals surface area (Å²) in [6, 6.07) is 7.43. The van der Waals surface area contributed by atoms with Gasteiger partial charge in [0.25, 0.3) is 0 Å². The second-order valence-corrected chi connectivity index (χ2v) is 6.71. The van der Waals surface area contributed by atoms with Crippen molar-refractivity contribution in [1.29, 1.82) is 0 Å². The molecule has 1 aromatic carbocycles. The van der Waals surface area contributed by atoms with Gasteiger partial charge in [-0.15, -0.1) is 16.8 Å². The van der Waals surface area contributed by atoms with E-state index in [1.54, 1.807) is 13.0 Å². The van der Waals surface area contributed by atoms with Crippen molar-refractivity contribution in [1.82, 2.24) is 25.4 Å². The molecule has 7 nitrogen and oxygen atoms in total. The Morgan fingerprint density at radius 3 is 2.80 bits per heavy atom. The summed E-state index contributed by atoms with van der Waals surface area (Å²) in [4.78, 5) is 23.3. The quantitative estimate of drug-likeness (QED) is 0.611. The lowest BCUT2D eigenvalue weighted by Crippen LogP contribution is -2.41. The van der Waals surface area contributed by atoms with E-state index in [-0.39, 0.29) is 0 Å². The summed E-state index contributed by atoms with van der Waals surface area (Å²) in [5, 5.41) is 13.2. The Morgan fingerprint density at radius 2 is 2.16 bits per heavy atom. The van der Waals surface area contributed by atoms with E-state index < -0.39 is 17.2 Å². The molecule has 0 aliphatic carbocycles. The van der Waals surface area contributed by atoms with Crippen molar-refractivity contribution >= 4 is 23.7 Å². The standard InChI is InChI=1S/C17H21N5O2S/c1-5-9-22-14(13-8-6-7-11(2)10-13)20-21-17(22)25-12(3)15(23)19-16(24)18-4/h5-8,10,12H,1,9H2,2-4H3,(H2,18,19,23,24). The molecule has 1 atom stereocenters. The van der Waals surface area contributed by atoms with Crippen LogP contribution in [0.25, 0.3) is 11.4 Å². The number of carbonyl (C=O) groups excluding carboxylic acids is 2. The van der Waals surface area contributed by atoms with Crippen LogP contribution in [0, 0.1) is 6.92 Å². The van der Waals surface area contributed by atoms with Gasteiger partial charge in [0.15, 0.2) is 11.0 Å². The summed E-state index contributed by atoms with van der Waals surface area (Å²) in [6.45, 7) is 8.02. The summed E-state index contributed by atoms with van der Waals surface area (Å²) in [5.74, 6) is 0.319. The molecule has 0 spiro atoms. The number of urea groups is 1. The number of carbonyl (C=O) groups is 2. The van der Waals surface area contributed by atoms with Gasteiger partial charge in [-0.3, -0.25) is 14.7 Å². The average Bonchev–Trinajstić information content (AvgIpc) is 2.97. The van der Waals surface area contributed by atoms with Gasteiger partial charge in [-0.2, -0.15) is 0 Å². The number of rotatable bonds is 6. The highest BCUT2D eigenvalue weighted by atomic mass is 32.2. The number of imide groups is 1. The van der Waals surface area contributed by atoms with Crippen molar-refractivity contribution in [3.8, 4) is 11.4 Å². The van der Waals surface area contributed by atoms with Crippen LogP contribution >= 0.6 is 11.8 Å². The van der Waals surface area contributed by atoms with Crippen LogP contribution in [0.15, 0.2) is 42.1 Å². The highest BCUT2D eigenvalue weighted by Gasteiger charge is 2.21. The van der Waals surface area contributed by atoms with Gasteiger partial charge in [-0.1, -0.05) is 41.6 Å². The van der Waals surface area contributed by atoms with Crippen LogP contribution in [0.2, 0.25) is 0 Å². The number of nitrogens with one attached hydrogen (secondary N) is 2. The lowest BCUT2D eigenvalue weighted by atomic mass is 10.1. The van der Waals surface area contributed by atoms with Gasteiger partial charge >= 0.3 is 6.03 Å². The highest BCUT2D eigenvalue weighted by Crippen LogP contribution is 2.27. The number of aromatic nitrogens is 3. The van der Waals surface area contributed by atoms with Gasteiger partial charge in [0.2, 0.25) is 5.91 Å². The number of aryl methyl sites for hydroxylation is 1. The van der Waals surface area contributed by atoms with Crippen molar-refractivity contribution in [3.63, 3.8) is 0 Å². The molecule has 1 heterocycles. The third kappa shape index (κ3) is 4.69. The predicted molar refractivity (Wildman–Crippen MR) is 98.3 cm³/mol. The largest absolute Gasteiger partial charge is 0.341 e. The van der Waals surface area contributed by atoms with Gasteiger partial charge in [0, 0.05) is 19.2 Å². The topological polar surface area (TPSA) is 88.9 Å². The zero-order chi connectivity index (χ0) is 18.4. The first-order chi connectivity index (χ1) is 12.0. The molecule has 8 heteroatoms. The number of benzene rings is 1. The Labute approximate surface area is 150 Å². The van der Waals surface area contributed by atoms with Crippen LogP contribution in [0.3, 0.4) is 0 Å². The van der Waals surface area contributed by atoms with Gasteiger partial charge in [-0.05, 0) is 19.9 Å². The molecular weight excluding hydrogens is 338 g/mol. The summed E-state index contributed by atoms with van der Waals surface area (Å²) < 4.78 is 1.90. The molecule has 3 amide bonds. The van der Waals surface area contributed by atoms with Crippen molar-refractivity contribution in [2.24, 2.45) is 0 Å². The molecule has 1 aromatic heterocycles. The van der Waals surface area contributed by atoms with Gasteiger partial charge < -0.3 is 5.32 Å². The first-order valence-corrected chi connectivity index (χ1v) is 8.64. The molecule has 25 heavy (non-hydrogen) atoms. The number of hydrogen-bond acceptors (Lipinski definition) is 5. The zero-order valence-electron chi connectivity index (χ0n) is 14.4. The Hall–Kier alpha value is -2.61. The van der Waals surface area contributed by atoms with Crippen LogP contribution in [0.5, 0.6) is 0 Å². The normalized spacial score (nSPS) is 11.6. The van der Waals surface area contributed by atoms with Gasteiger partial charge in [0.05, 0.1) is 5.25 Å². The predicted octanol–water partition coefficient (Wildman–Crippen LogP) is 2.38. The maximum Gasteiger partial charge on any atom is 0.321 e. The molecule has 1 unspecified atom stereocenters. The lowest BCUT2D eigenvalue weighted by molar-refractivity contribution is -0.119. The molecule has 0 aliphatic heterocycles. The van der Waals surface area contributed by atoms with Crippen LogP contribution in [0.4, 0.5) is 4.79 Å². The fourth-order valence-electron chi connectivity index (χ4n) is 2.15. The Balaban J connectivity index is 2.25. The van der Waals surface area contributed by atoms with Crippen molar-refractivity contribution in [2.45, 2.75) is 30.8 Å². The van der Waals surface area contributed by atoms with Gasteiger partial charge in [0.1, 0.15) is 0 Å². The Bertz CT molecular complexity index is 787. The number of hydrogen-bond donors (Lipinski definition) is 2. The second-order valence-electron chi connectivity index (χ2n) is 5.40. The SMILES string of the molecule is C=CCn1c(SC(C)C(=O)NC(=O)NC)nnc1-c1cccc(C)c1. The van der Waals surface area contributed by atoms with E-state index in [0.717, 1.165) is 11.1 Å². The number of amides is 3. The van der Waals surface area contributed by atoms with Gasteiger partial charge in [-0.25, -0.2) is 4.79 Å². The third-order valence-electron chi connectivity index (χ3n) is 3.42. The first kappa shape index (κ1) is 18.7. The maximum absolute atomic E-state index is 12.0. The fraction of sp³-hybridized carbons (Fsp3) is 0.294. The molecule has 0 saturated carbocycles. The molecule has 2 rings (SSSR count). The molecule has 2 N–H and O–H groups in total. The third-order valence-corrected chi connectivity index (χ3v) is 4.50. The Morgan fingerprint density at radius 1 is 1.40 bits per heavy atom. The van der Waals surface area contributed by atoms with E-state index >= 15 is 0 Å². The summed E-state index contributed by atoms with van der Waals surface area (Å²) >= 11 is 1.24. The molecule has 0 radical (unpaired) electrons. The van der Waals surface area contributed by atoms with Crippen molar-refractivity contribution < 1.29 is 9.59 Å². The minimum absolute atomic E-state index is 0.394. The van der Waals surface area contributed by atoms with Crippen LogP contribution in [-0.2, 0) is 11.3 Å². The molecule has 2 aromatic rings. The van der Waals surface area contributed by atoms with E-state index in [9.17, 15) is 9.59 Å². The molecule has 0 aliphatic rings. The smallest absolute Gasteiger partial charge is 0.321 e. The minimum Gasteiger partial charge on any atom is -0.341 e. The second kappa shape index (κ2) is 8.48. The first-order valence-electron chi connectivity index (χ1n) is 7.76. The van der Waals surface area contributed by atoms with Crippen LogP contribution in [-0.4, -0.2) is 39.0 Å². The van der Waals surface area contributed by atoms with Crippen LogP contribution < -0.4 is 10.6 Å². The highest BCUT2D eigenvalue weighted by molar-refractivity contribution is 8.00. The number of thioether (sulfide) groups is 1. The monoisotopic (exact) mass is 359 g/mol. The lowest BCUT2D eigenvalue weighted by Gasteiger charge is -2.12. The summed E-state index contributed by atoms with van der Waals surface area (Å²) in [6.07, 6.45) is 1.75. The van der Waals surface area contributed by atoms with E-state index in [1.165, 1.54) is 18.8 Å². The zero-order valence-corrected chi connectivity index (χ0v) is 15.3. The number of nitrogens with zero attached hydrogens (tertiary/aromatic N) is 3. The van der Waals surface area contributed by atoms with E-state index in [2.05, 4.69) is 27.4 Å². The van der Waals surface area contributed by atoms with E-state index in [1.807, 2.05) is 35.8 Å². The molecule has 0 saturated heterocycles. The van der Waals surface area contributed by atoms with E-state index in [4.69, 9.17) is 0 Å².